The predicted octanol–water partition coefficient (Wildman–Crippen LogP) is 2.55. The number of nitrogens with zero attached hydrogens (tertiary/aromatic N) is 2. The van der Waals surface area contributed by atoms with Crippen molar-refractivity contribution in [1.82, 2.24) is 9.88 Å². The summed E-state index contributed by atoms with van der Waals surface area (Å²) in [6.07, 6.45) is 4.65. The van der Waals surface area contributed by atoms with E-state index in [1.165, 1.54) is 17.5 Å². The van der Waals surface area contributed by atoms with Crippen LogP contribution in [0.15, 0.2) is 30.5 Å². The van der Waals surface area contributed by atoms with Crippen LogP contribution in [0.25, 0.3) is 0 Å². The number of piperidine rings is 1. The molecule has 132 valence electrons. The fourth-order valence-corrected chi connectivity index (χ4v) is 4.07. The van der Waals surface area contributed by atoms with Crippen LogP contribution in [0.1, 0.15) is 45.5 Å². The summed E-state index contributed by atoms with van der Waals surface area (Å²) in [4.78, 5) is 30.9. The standard InChI is InChI=1S/C18H21N3O3S/c1-24-14-8-3-2-6-12(14)10-16(22)21-9-5-4-7-13(21)18-20-11-15(25-18)17(19)23/h2-3,6,8,11,13H,4-5,7,9-10H2,1H3,(H2,19,23). The molecule has 1 unspecified atom stereocenters. The second kappa shape index (κ2) is 7.65. The second-order valence-electron chi connectivity index (χ2n) is 6.01. The number of methoxy groups -OCH3 is 1. The van der Waals surface area contributed by atoms with Gasteiger partial charge in [-0.25, -0.2) is 4.98 Å². The number of rotatable bonds is 5. The fraction of sp³-hybridized carbons (Fsp3) is 0.389. The molecule has 2 amide bonds. The number of hydrogen-bond donors (Lipinski definition) is 1. The fourth-order valence-electron chi connectivity index (χ4n) is 3.16. The van der Waals surface area contributed by atoms with E-state index in [0.717, 1.165) is 35.6 Å². The van der Waals surface area contributed by atoms with E-state index >= 15 is 0 Å². The zero-order chi connectivity index (χ0) is 17.8. The first-order chi connectivity index (χ1) is 12.1. The van der Waals surface area contributed by atoms with Crippen molar-refractivity contribution in [3.05, 3.63) is 45.9 Å². The van der Waals surface area contributed by atoms with Crippen LogP contribution in [0, 0.1) is 0 Å². The van der Waals surface area contributed by atoms with E-state index < -0.39 is 5.91 Å². The molecular formula is C18H21N3O3S. The van der Waals surface area contributed by atoms with Gasteiger partial charge in [0.15, 0.2) is 0 Å². The van der Waals surface area contributed by atoms with E-state index in [1.54, 1.807) is 7.11 Å². The van der Waals surface area contributed by atoms with Gasteiger partial charge in [-0.3, -0.25) is 9.59 Å². The summed E-state index contributed by atoms with van der Waals surface area (Å²) in [6.45, 7) is 0.699. The van der Waals surface area contributed by atoms with Gasteiger partial charge in [0.05, 0.1) is 25.8 Å². The Labute approximate surface area is 150 Å². The van der Waals surface area contributed by atoms with Crippen molar-refractivity contribution in [3.63, 3.8) is 0 Å². The van der Waals surface area contributed by atoms with Gasteiger partial charge in [0.25, 0.3) is 5.91 Å². The highest BCUT2D eigenvalue weighted by atomic mass is 32.1. The molecule has 1 atom stereocenters. The molecule has 2 heterocycles. The van der Waals surface area contributed by atoms with Crippen molar-refractivity contribution < 1.29 is 14.3 Å². The third kappa shape index (κ3) is 3.82. The summed E-state index contributed by atoms with van der Waals surface area (Å²) in [7, 11) is 1.61. The highest BCUT2D eigenvalue weighted by Crippen LogP contribution is 2.34. The van der Waals surface area contributed by atoms with Crippen molar-refractivity contribution in [3.8, 4) is 5.75 Å². The molecule has 1 aromatic carbocycles. The van der Waals surface area contributed by atoms with Gasteiger partial charge in [0.2, 0.25) is 5.91 Å². The Bertz CT molecular complexity index is 774. The van der Waals surface area contributed by atoms with E-state index in [9.17, 15) is 9.59 Å². The topological polar surface area (TPSA) is 85.5 Å². The lowest BCUT2D eigenvalue weighted by atomic mass is 10.0. The van der Waals surface area contributed by atoms with Gasteiger partial charge in [-0.15, -0.1) is 11.3 Å². The number of carbonyl (C=O) groups is 2. The molecule has 1 aliphatic rings. The average molecular weight is 359 g/mol. The summed E-state index contributed by atoms with van der Waals surface area (Å²) in [6, 6.07) is 7.46. The largest absolute Gasteiger partial charge is 0.496 e. The first-order valence-electron chi connectivity index (χ1n) is 8.27. The van der Waals surface area contributed by atoms with Gasteiger partial charge in [0, 0.05) is 12.1 Å². The first-order valence-corrected chi connectivity index (χ1v) is 9.08. The molecule has 0 aliphatic carbocycles. The Hall–Kier alpha value is -2.41. The number of hydrogen-bond acceptors (Lipinski definition) is 5. The molecule has 0 spiro atoms. The lowest BCUT2D eigenvalue weighted by Crippen LogP contribution is -2.39. The predicted molar refractivity (Wildman–Crippen MR) is 95.6 cm³/mol. The molecule has 1 saturated heterocycles. The van der Waals surface area contributed by atoms with E-state index in [2.05, 4.69) is 4.98 Å². The Balaban J connectivity index is 1.80. The zero-order valence-electron chi connectivity index (χ0n) is 14.1. The van der Waals surface area contributed by atoms with E-state index in [0.29, 0.717) is 11.4 Å². The molecular weight excluding hydrogens is 338 g/mol. The van der Waals surface area contributed by atoms with E-state index in [-0.39, 0.29) is 18.4 Å². The minimum atomic E-state index is -0.480. The molecule has 25 heavy (non-hydrogen) atoms. The number of ether oxygens (including phenoxy) is 1. The molecule has 3 rings (SSSR count). The Kier molecular flexibility index (Phi) is 5.33. The number of benzene rings is 1. The SMILES string of the molecule is COc1ccccc1CC(=O)N1CCCCC1c1ncc(C(N)=O)s1. The third-order valence-electron chi connectivity index (χ3n) is 4.41. The number of thiazole rings is 1. The lowest BCUT2D eigenvalue weighted by molar-refractivity contribution is -0.134. The minimum absolute atomic E-state index is 0.0463. The van der Waals surface area contributed by atoms with Crippen LogP contribution in [-0.2, 0) is 11.2 Å². The van der Waals surface area contributed by atoms with Crippen LogP contribution in [0.2, 0.25) is 0 Å². The average Bonchev–Trinajstić information content (AvgIpc) is 3.12. The summed E-state index contributed by atoms with van der Waals surface area (Å²) >= 11 is 1.28. The lowest BCUT2D eigenvalue weighted by Gasteiger charge is -2.34. The first kappa shape index (κ1) is 17.4. The van der Waals surface area contributed by atoms with Crippen LogP contribution in [0.5, 0.6) is 5.75 Å². The van der Waals surface area contributed by atoms with Crippen molar-refractivity contribution in [2.75, 3.05) is 13.7 Å². The highest BCUT2D eigenvalue weighted by Gasteiger charge is 2.30. The number of para-hydroxylation sites is 1. The molecule has 2 aromatic rings. The van der Waals surface area contributed by atoms with Crippen LogP contribution < -0.4 is 10.5 Å². The van der Waals surface area contributed by atoms with Crippen molar-refractivity contribution >= 4 is 23.2 Å². The summed E-state index contributed by atoms with van der Waals surface area (Å²) in [5, 5.41) is 0.780. The van der Waals surface area contributed by atoms with Gasteiger partial charge in [0.1, 0.15) is 15.6 Å². The molecule has 1 fully saturated rings. The molecule has 0 bridgehead atoms. The molecule has 1 aliphatic heterocycles. The smallest absolute Gasteiger partial charge is 0.260 e. The maximum atomic E-state index is 12.9. The van der Waals surface area contributed by atoms with Gasteiger partial charge in [-0.05, 0) is 25.3 Å². The maximum absolute atomic E-state index is 12.9. The van der Waals surface area contributed by atoms with Gasteiger partial charge in [-0.1, -0.05) is 18.2 Å². The molecule has 0 saturated carbocycles. The van der Waals surface area contributed by atoms with Crippen LogP contribution in [0.3, 0.4) is 0 Å². The normalized spacial score (nSPS) is 17.3. The zero-order valence-corrected chi connectivity index (χ0v) is 14.9. The summed E-state index contributed by atoms with van der Waals surface area (Å²) in [5.74, 6) is 0.283. The monoisotopic (exact) mass is 359 g/mol. The molecule has 1 aromatic heterocycles. The number of likely N-dealkylation sites (tertiary alicyclic amines) is 1. The third-order valence-corrected chi connectivity index (χ3v) is 5.52. The molecule has 6 nitrogen and oxygen atoms in total. The van der Waals surface area contributed by atoms with E-state index in [4.69, 9.17) is 10.5 Å². The highest BCUT2D eigenvalue weighted by molar-refractivity contribution is 7.13. The van der Waals surface area contributed by atoms with Gasteiger partial charge in [-0.2, -0.15) is 0 Å². The number of amides is 2. The van der Waals surface area contributed by atoms with Crippen molar-refractivity contribution in [2.24, 2.45) is 5.73 Å². The number of nitrogens with two attached hydrogens (primary N) is 1. The molecule has 2 N–H and O–H groups in total. The number of aromatic nitrogens is 1. The Morgan fingerprint density at radius 2 is 2.16 bits per heavy atom. The van der Waals surface area contributed by atoms with Crippen molar-refractivity contribution in [1.29, 1.82) is 0 Å². The van der Waals surface area contributed by atoms with Crippen molar-refractivity contribution in [2.45, 2.75) is 31.7 Å². The van der Waals surface area contributed by atoms with E-state index in [1.807, 2.05) is 29.2 Å². The second-order valence-corrected chi connectivity index (χ2v) is 7.08. The van der Waals surface area contributed by atoms with Crippen LogP contribution in [0.4, 0.5) is 0 Å². The van der Waals surface area contributed by atoms with Gasteiger partial charge >= 0.3 is 0 Å². The molecule has 7 heteroatoms. The quantitative estimate of drug-likeness (QED) is 0.889. The van der Waals surface area contributed by atoms with Crippen LogP contribution >= 0.6 is 11.3 Å². The molecule has 0 radical (unpaired) electrons. The minimum Gasteiger partial charge on any atom is -0.496 e. The summed E-state index contributed by atoms with van der Waals surface area (Å²) < 4.78 is 5.34. The number of carbonyl (C=O) groups excluding carboxylic acids is 2. The van der Waals surface area contributed by atoms with Gasteiger partial charge < -0.3 is 15.4 Å². The number of primary amides is 1. The Morgan fingerprint density at radius 1 is 1.36 bits per heavy atom. The summed E-state index contributed by atoms with van der Waals surface area (Å²) in [5.41, 5.74) is 6.19. The van der Waals surface area contributed by atoms with Crippen LogP contribution in [-0.4, -0.2) is 35.4 Å². The maximum Gasteiger partial charge on any atom is 0.260 e. The Morgan fingerprint density at radius 3 is 2.88 bits per heavy atom.